The number of nitrogens with zero attached hydrogens (tertiary/aromatic N) is 2. The second-order valence-electron chi connectivity index (χ2n) is 7.49. The Bertz CT molecular complexity index is 248. The molecule has 1 atom stereocenters. The third kappa shape index (κ3) is 3.71. The predicted molar refractivity (Wildman–Crippen MR) is 78.8 cm³/mol. The summed E-state index contributed by atoms with van der Waals surface area (Å²) in [5.41, 5.74) is 0.512. The molecular weight excluding hydrogens is 220 g/mol. The molecule has 0 bridgehead atoms. The quantitative estimate of drug-likeness (QED) is 0.761. The largest absolute Gasteiger partial charge is 0.303 e. The molecule has 0 aliphatic carbocycles. The topological polar surface area (TPSA) is 6.48 Å². The fraction of sp³-hybridized carbons (Fsp3) is 1.00. The van der Waals surface area contributed by atoms with E-state index in [2.05, 4.69) is 37.5 Å². The fourth-order valence-corrected chi connectivity index (χ4v) is 3.70. The van der Waals surface area contributed by atoms with Gasteiger partial charge >= 0.3 is 0 Å². The Hall–Kier alpha value is -0.0800. The fourth-order valence-electron chi connectivity index (χ4n) is 3.70. The minimum Gasteiger partial charge on any atom is -0.303 e. The molecule has 18 heavy (non-hydrogen) atoms. The van der Waals surface area contributed by atoms with Gasteiger partial charge in [-0.25, -0.2) is 0 Å². The molecule has 0 saturated carbocycles. The van der Waals surface area contributed by atoms with Crippen molar-refractivity contribution in [2.75, 3.05) is 39.3 Å². The first-order valence-corrected chi connectivity index (χ1v) is 7.93. The molecule has 2 rings (SSSR count). The van der Waals surface area contributed by atoms with E-state index in [0.717, 1.165) is 11.8 Å². The van der Waals surface area contributed by atoms with Crippen molar-refractivity contribution in [3.63, 3.8) is 0 Å². The maximum Gasteiger partial charge on any atom is 0.00224 e. The van der Waals surface area contributed by atoms with Crippen molar-refractivity contribution in [3.8, 4) is 0 Å². The van der Waals surface area contributed by atoms with Gasteiger partial charge in [0.15, 0.2) is 0 Å². The van der Waals surface area contributed by atoms with Gasteiger partial charge in [0, 0.05) is 13.1 Å². The normalized spacial score (nSPS) is 29.0. The van der Waals surface area contributed by atoms with Crippen LogP contribution < -0.4 is 0 Å². The minimum absolute atomic E-state index is 0.512. The van der Waals surface area contributed by atoms with Crippen molar-refractivity contribution in [2.45, 2.75) is 47.0 Å². The Morgan fingerprint density at radius 3 is 2.06 bits per heavy atom. The first kappa shape index (κ1) is 14.3. The van der Waals surface area contributed by atoms with E-state index in [-0.39, 0.29) is 0 Å². The zero-order valence-corrected chi connectivity index (χ0v) is 12.9. The Labute approximate surface area is 114 Å². The number of hydrogen-bond donors (Lipinski definition) is 0. The summed E-state index contributed by atoms with van der Waals surface area (Å²) in [7, 11) is 0. The molecule has 2 heterocycles. The summed E-state index contributed by atoms with van der Waals surface area (Å²) in [6.45, 7) is 17.5. The van der Waals surface area contributed by atoms with E-state index >= 15 is 0 Å². The molecule has 0 aromatic rings. The Morgan fingerprint density at radius 1 is 0.944 bits per heavy atom. The van der Waals surface area contributed by atoms with Gasteiger partial charge < -0.3 is 9.80 Å². The van der Waals surface area contributed by atoms with E-state index in [1.807, 2.05) is 0 Å². The maximum absolute atomic E-state index is 2.73. The van der Waals surface area contributed by atoms with Gasteiger partial charge in [-0.05, 0) is 62.7 Å². The third-order valence-corrected chi connectivity index (χ3v) is 5.15. The van der Waals surface area contributed by atoms with Gasteiger partial charge in [-0.1, -0.05) is 27.7 Å². The van der Waals surface area contributed by atoms with Crippen molar-refractivity contribution >= 4 is 0 Å². The predicted octanol–water partition coefficient (Wildman–Crippen LogP) is 3.09. The lowest BCUT2D eigenvalue weighted by atomic mass is 9.75. The highest BCUT2D eigenvalue weighted by Gasteiger charge is 2.30. The van der Waals surface area contributed by atoms with Gasteiger partial charge in [0.05, 0.1) is 0 Å². The van der Waals surface area contributed by atoms with E-state index in [4.69, 9.17) is 0 Å². The Kier molecular flexibility index (Phi) is 4.71. The molecule has 0 amide bonds. The lowest BCUT2D eigenvalue weighted by Crippen LogP contribution is -2.40. The molecule has 0 radical (unpaired) electrons. The summed E-state index contributed by atoms with van der Waals surface area (Å²) in [5, 5.41) is 0. The van der Waals surface area contributed by atoms with Crippen LogP contribution in [0.5, 0.6) is 0 Å². The first-order chi connectivity index (χ1) is 8.49. The van der Waals surface area contributed by atoms with E-state index < -0.39 is 0 Å². The van der Waals surface area contributed by atoms with Crippen molar-refractivity contribution < 1.29 is 0 Å². The Morgan fingerprint density at radius 2 is 1.56 bits per heavy atom. The van der Waals surface area contributed by atoms with Crippen LogP contribution in [0.2, 0.25) is 0 Å². The van der Waals surface area contributed by atoms with Gasteiger partial charge in [-0.3, -0.25) is 0 Å². The first-order valence-electron chi connectivity index (χ1n) is 7.93. The molecule has 106 valence electrons. The van der Waals surface area contributed by atoms with Crippen LogP contribution >= 0.6 is 0 Å². The molecule has 2 fully saturated rings. The molecule has 2 aliphatic heterocycles. The van der Waals surface area contributed by atoms with E-state index in [1.165, 1.54) is 58.5 Å². The van der Waals surface area contributed by atoms with Crippen molar-refractivity contribution in [2.24, 2.45) is 17.3 Å². The standard InChI is InChI=1S/C16H32N2/c1-5-17-9-6-14(12-17)13-18-10-7-15(8-11-18)16(2,3)4/h14-15H,5-13H2,1-4H3/t14-/m0/s1. The Balaban J connectivity index is 1.71. The second-order valence-corrected chi connectivity index (χ2v) is 7.49. The number of hydrogen-bond acceptors (Lipinski definition) is 2. The lowest BCUT2D eigenvalue weighted by Gasteiger charge is -2.39. The summed E-state index contributed by atoms with van der Waals surface area (Å²) in [5.74, 6) is 1.88. The summed E-state index contributed by atoms with van der Waals surface area (Å²) in [6, 6.07) is 0. The summed E-state index contributed by atoms with van der Waals surface area (Å²) >= 11 is 0. The van der Waals surface area contributed by atoms with Crippen LogP contribution in [0.4, 0.5) is 0 Å². The van der Waals surface area contributed by atoms with Crippen LogP contribution in [-0.2, 0) is 0 Å². The smallest absolute Gasteiger partial charge is 0.00224 e. The summed E-state index contributed by atoms with van der Waals surface area (Å²) < 4.78 is 0. The van der Waals surface area contributed by atoms with Crippen LogP contribution in [0.1, 0.15) is 47.0 Å². The molecule has 0 N–H and O–H groups in total. The second kappa shape index (κ2) is 5.92. The number of piperidine rings is 1. The van der Waals surface area contributed by atoms with Crippen LogP contribution in [0.25, 0.3) is 0 Å². The highest BCUT2D eigenvalue weighted by molar-refractivity contribution is 4.83. The van der Waals surface area contributed by atoms with Gasteiger partial charge in [0.25, 0.3) is 0 Å². The SMILES string of the molecule is CCN1CC[C@H](CN2CCC(C(C)(C)C)CC2)C1. The minimum atomic E-state index is 0.512. The monoisotopic (exact) mass is 252 g/mol. The molecule has 2 heteroatoms. The molecule has 0 aromatic heterocycles. The van der Waals surface area contributed by atoms with Gasteiger partial charge in [-0.15, -0.1) is 0 Å². The third-order valence-electron chi connectivity index (χ3n) is 5.15. The lowest BCUT2D eigenvalue weighted by molar-refractivity contribution is 0.101. The molecule has 2 saturated heterocycles. The van der Waals surface area contributed by atoms with Crippen molar-refractivity contribution in [1.82, 2.24) is 9.80 Å². The van der Waals surface area contributed by atoms with Crippen LogP contribution in [0.15, 0.2) is 0 Å². The average Bonchev–Trinajstić information content (AvgIpc) is 2.76. The average molecular weight is 252 g/mol. The highest BCUT2D eigenvalue weighted by Crippen LogP contribution is 2.34. The molecular formula is C16H32N2. The van der Waals surface area contributed by atoms with E-state index in [9.17, 15) is 0 Å². The van der Waals surface area contributed by atoms with Crippen molar-refractivity contribution in [1.29, 1.82) is 0 Å². The van der Waals surface area contributed by atoms with Crippen LogP contribution in [0, 0.1) is 17.3 Å². The summed E-state index contributed by atoms with van der Waals surface area (Å²) in [4.78, 5) is 5.33. The molecule has 0 spiro atoms. The van der Waals surface area contributed by atoms with Gasteiger partial charge in [0.2, 0.25) is 0 Å². The van der Waals surface area contributed by atoms with Crippen molar-refractivity contribution in [3.05, 3.63) is 0 Å². The molecule has 2 aliphatic rings. The molecule has 0 aromatic carbocycles. The number of rotatable bonds is 3. The zero-order valence-electron chi connectivity index (χ0n) is 12.9. The van der Waals surface area contributed by atoms with Crippen LogP contribution in [0.3, 0.4) is 0 Å². The molecule has 2 nitrogen and oxygen atoms in total. The maximum atomic E-state index is 2.73. The zero-order chi connectivity index (χ0) is 13.2. The van der Waals surface area contributed by atoms with Gasteiger partial charge in [0.1, 0.15) is 0 Å². The molecule has 0 unspecified atom stereocenters. The van der Waals surface area contributed by atoms with Gasteiger partial charge in [-0.2, -0.15) is 0 Å². The van der Waals surface area contributed by atoms with E-state index in [0.29, 0.717) is 5.41 Å². The number of likely N-dealkylation sites (tertiary alicyclic amines) is 2. The highest BCUT2D eigenvalue weighted by atomic mass is 15.2. The summed E-state index contributed by atoms with van der Waals surface area (Å²) in [6.07, 6.45) is 4.24. The van der Waals surface area contributed by atoms with Crippen LogP contribution in [-0.4, -0.2) is 49.1 Å². The van der Waals surface area contributed by atoms with E-state index in [1.54, 1.807) is 0 Å².